The Morgan fingerprint density at radius 1 is 1.19 bits per heavy atom. The molecule has 3 rings (SSSR count). The van der Waals surface area contributed by atoms with Gasteiger partial charge in [0.1, 0.15) is 22.6 Å². The summed E-state index contributed by atoms with van der Waals surface area (Å²) in [6, 6.07) is 11.5. The minimum absolute atomic E-state index is 0.0714. The molecule has 142 valence electrons. The summed E-state index contributed by atoms with van der Waals surface area (Å²) in [5.74, 6) is 0.780. The lowest BCUT2D eigenvalue weighted by Gasteiger charge is -2.14. The molecule has 0 spiro atoms. The summed E-state index contributed by atoms with van der Waals surface area (Å²) in [5, 5.41) is 10.4. The maximum absolute atomic E-state index is 12.7. The molecule has 0 saturated heterocycles. The number of aromatic nitrogens is 2. The van der Waals surface area contributed by atoms with Gasteiger partial charge >= 0.3 is 0 Å². The predicted molar refractivity (Wildman–Crippen MR) is 102 cm³/mol. The first kappa shape index (κ1) is 18.9. The Labute approximate surface area is 158 Å². The van der Waals surface area contributed by atoms with Gasteiger partial charge in [0.05, 0.1) is 7.11 Å². The second-order valence-electron chi connectivity index (χ2n) is 6.18. The van der Waals surface area contributed by atoms with Gasteiger partial charge in [0.15, 0.2) is 0 Å². The van der Waals surface area contributed by atoms with Gasteiger partial charge < -0.3 is 14.4 Å². The number of nitrogens with one attached hydrogen (secondary N) is 1. The molecule has 1 heterocycles. The Morgan fingerprint density at radius 2 is 1.89 bits per heavy atom. The van der Waals surface area contributed by atoms with Crippen LogP contribution in [-0.2, 0) is 17.1 Å². The molecule has 0 radical (unpaired) electrons. The van der Waals surface area contributed by atoms with Gasteiger partial charge in [0.2, 0.25) is 0 Å². The minimum Gasteiger partial charge on any atom is -0.495 e. The van der Waals surface area contributed by atoms with Crippen LogP contribution in [0.3, 0.4) is 0 Å². The van der Waals surface area contributed by atoms with Crippen LogP contribution in [-0.4, -0.2) is 30.2 Å². The molecule has 0 amide bonds. The molecule has 1 aromatic heterocycles. The lowest BCUT2D eigenvalue weighted by atomic mass is 10.1. The average Bonchev–Trinajstić information content (AvgIpc) is 3.07. The summed E-state index contributed by atoms with van der Waals surface area (Å²) in [5.41, 5.74) is 1.81. The first-order valence-electron chi connectivity index (χ1n) is 8.24. The highest BCUT2D eigenvalue weighted by Crippen LogP contribution is 2.28. The minimum atomic E-state index is -3.82. The maximum atomic E-state index is 12.7. The Morgan fingerprint density at radius 3 is 2.48 bits per heavy atom. The van der Waals surface area contributed by atoms with E-state index in [0.29, 0.717) is 17.1 Å². The molecule has 0 unspecified atom stereocenters. The number of nitrogens with zero attached hydrogens (tertiary/aromatic N) is 2. The SMILES string of the molecule is COc1ccc(C)cc1S(=O)(=O)Nc1ccc([C@@H](O)c2nccn2C)cc1. The van der Waals surface area contributed by atoms with Gasteiger partial charge in [-0.1, -0.05) is 18.2 Å². The Balaban J connectivity index is 1.84. The van der Waals surface area contributed by atoms with Crippen LogP contribution in [0.4, 0.5) is 5.69 Å². The molecule has 0 aliphatic heterocycles. The lowest BCUT2D eigenvalue weighted by molar-refractivity contribution is 0.206. The molecule has 27 heavy (non-hydrogen) atoms. The molecule has 3 aromatic rings. The first-order chi connectivity index (χ1) is 12.8. The largest absolute Gasteiger partial charge is 0.495 e. The van der Waals surface area contributed by atoms with Crippen LogP contribution in [0.2, 0.25) is 0 Å². The molecule has 0 aliphatic rings. The summed E-state index contributed by atoms with van der Waals surface area (Å²) < 4.78 is 34.9. The van der Waals surface area contributed by atoms with Crippen LogP contribution in [0.1, 0.15) is 23.1 Å². The van der Waals surface area contributed by atoms with Gasteiger partial charge in [-0.3, -0.25) is 4.72 Å². The van der Waals surface area contributed by atoms with E-state index in [9.17, 15) is 13.5 Å². The predicted octanol–water partition coefficient (Wildman–Crippen LogP) is 2.62. The zero-order chi connectivity index (χ0) is 19.6. The van der Waals surface area contributed by atoms with Crippen LogP contribution in [0, 0.1) is 6.92 Å². The zero-order valence-corrected chi connectivity index (χ0v) is 16.1. The Kier molecular flexibility index (Phi) is 5.20. The molecule has 0 bridgehead atoms. The van der Waals surface area contributed by atoms with Crippen molar-refractivity contribution in [2.75, 3.05) is 11.8 Å². The van der Waals surface area contributed by atoms with E-state index in [1.165, 1.54) is 7.11 Å². The van der Waals surface area contributed by atoms with Crippen molar-refractivity contribution in [1.82, 2.24) is 9.55 Å². The normalized spacial score (nSPS) is 12.6. The number of anilines is 1. The highest BCUT2D eigenvalue weighted by atomic mass is 32.2. The molecule has 1 atom stereocenters. The van der Waals surface area contributed by atoms with Gasteiger partial charge in [0, 0.05) is 25.1 Å². The monoisotopic (exact) mass is 387 g/mol. The quantitative estimate of drug-likeness (QED) is 0.678. The van der Waals surface area contributed by atoms with Crippen LogP contribution < -0.4 is 9.46 Å². The van der Waals surface area contributed by atoms with Gasteiger partial charge in [-0.05, 0) is 42.3 Å². The van der Waals surface area contributed by atoms with Gasteiger partial charge in [-0.25, -0.2) is 13.4 Å². The summed E-state index contributed by atoms with van der Waals surface area (Å²) in [6.45, 7) is 1.81. The van der Waals surface area contributed by atoms with Gasteiger partial charge in [-0.15, -0.1) is 0 Å². The van der Waals surface area contributed by atoms with Crippen molar-refractivity contribution in [2.45, 2.75) is 17.9 Å². The number of methoxy groups -OCH3 is 1. The van der Waals surface area contributed by atoms with Gasteiger partial charge in [-0.2, -0.15) is 0 Å². The molecule has 7 nitrogen and oxygen atoms in total. The van der Waals surface area contributed by atoms with E-state index in [0.717, 1.165) is 5.56 Å². The van der Waals surface area contributed by atoms with Crippen molar-refractivity contribution >= 4 is 15.7 Å². The van der Waals surface area contributed by atoms with E-state index in [4.69, 9.17) is 4.74 Å². The number of aryl methyl sites for hydroxylation is 2. The highest BCUT2D eigenvalue weighted by molar-refractivity contribution is 7.92. The third-order valence-electron chi connectivity index (χ3n) is 4.19. The van der Waals surface area contributed by atoms with Crippen molar-refractivity contribution in [3.8, 4) is 5.75 Å². The van der Waals surface area contributed by atoms with Crippen LogP contribution in [0.25, 0.3) is 0 Å². The number of benzene rings is 2. The van der Waals surface area contributed by atoms with Crippen LogP contribution in [0.5, 0.6) is 5.75 Å². The number of aliphatic hydroxyl groups excluding tert-OH is 1. The number of hydrogen-bond donors (Lipinski definition) is 2. The average molecular weight is 387 g/mol. The van der Waals surface area contributed by atoms with E-state index in [1.54, 1.807) is 66.5 Å². The fourth-order valence-electron chi connectivity index (χ4n) is 2.73. The lowest BCUT2D eigenvalue weighted by Crippen LogP contribution is -2.14. The van der Waals surface area contributed by atoms with Crippen molar-refractivity contribution in [2.24, 2.45) is 7.05 Å². The van der Waals surface area contributed by atoms with Crippen molar-refractivity contribution < 1.29 is 18.3 Å². The number of rotatable bonds is 6. The van der Waals surface area contributed by atoms with Crippen molar-refractivity contribution in [1.29, 1.82) is 0 Å². The third-order valence-corrected chi connectivity index (χ3v) is 5.59. The Bertz CT molecular complexity index is 1040. The number of hydrogen-bond acceptors (Lipinski definition) is 5. The zero-order valence-electron chi connectivity index (χ0n) is 15.2. The van der Waals surface area contributed by atoms with Crippen molar-refractivity contribution in [3.05, 3.63) is 71.8 Å². The highest BCUT2D eigenvalue weighted by Gasteiger charge is 2.20. The second-order valence-corrected chi connectivity index (χ2v) is 7.83. The summed E-state index contributed by atoms with van der Waals surface area (Å²) in [4.78, 5) is 4.20. The number of ether oxygens (including phenoxy) is 1. The molecular formula is C19H21N3O4S. The molecule has 2 N–H and O–H groups in total. The Hall–Kier alpha value is -2.84. The smallest absolute Gasteiger partial charge is 0.265 e. The summed E-state index contributed by atoms with van der Waals surface area (Å²) in [6.07, 6.45) is 2.46. The van der Waals surface area contributed by atoms with E-state index in [-0.39, 0.29) is 10.6 Å². The molecule has 2 aromatic carbocycles. The molecule has 0 fully saturated rings. The van der Waals surface area contributed by atoms with Gasteiger partial charge in [0.25, 0.3) is 10.0 Å². The fourth-order valence-corrected chi connectivity index (χ4v) is 4.04. The standard InChI is InChI=1S/C19H21N3O4S/c1-13-4-9-16(26-3)17(12-13)27(24,25)21-15-7-5-14(6-8-15)18(23)19-20-10-11-22(19)2/h4-12,18,21,23H,1-3H3/t18-/m1/s1. The maximum Gasteiger partial charge on any atom is 0.265 e. The van der Waals surface area contributed by atoms with Crippen LogP contribution in [0.15, 0.2) is 59.8 Å². The first-order valence-corrected chi connectivity index (χ1v) is 9.73. The third kappa shape index (κ3) is 3.96. The van der Waals surface area contributed by atoms with E-state index >= 15 is 0 Å². The number of imidazole rings is 1. The fraction of sp³-hybridized carbons (Fsp3) is 0.211. The number of aliphatic hydroxyl groups is 1. The molecular weight excluding hydrogens is 366 g/mol. The molecule has 0 aliphatic carbocycles. The van der Waals surface area contributed by atoms with Crippen LogP contribution >= 0.6 is 0 Å². The second kappa shape index (κ2) is 7.42. The van der Waals surface area contributed by atoms with E-state index in [2.05, 4.69) is 9.71 Å². The summed E-state index contributed by atoms with van der Waals surface area (Å²) >= 11 is 0. The summed E-state index contributed by atoms with van der Waals surface area (Å²) in [7, 11) is -0.593. The van der Waals surface area contributed by atoms with E-state index in [1.807, 2.05) is 6.92 Å². The molecule has 8 heteroatoms. The van der Waals surface area contributed by atoms with Crippen molar-refractivity contribution in [3.63, 3.8) is 0 Å². The number of sulfonamides is 1. The van der Waals surface area contributed by atoms with E-state index < -0.39 is 16.1 Å². The topological polar surface area (TPSA) is 93.5 Å². The molecule has 0 saturated carbocycles.